The summed E-state index contributed by atoms with van der Waals surface area (Å²) in [4.78, 5) is 2.66. The lowest BCUT2D eigenvalue weighted by Gasteiger charge is -2.64. The zero-order valence-corrected chi connectivity index (χ0v) is 22.2. The molecule has 20 heavy (non-hydrogen) atoms. The van der Waals surface area contributed by atoms with Gasteiger partial charge in [0.1, 0.15) is 0 Å². The summed E-state index contributed by atoms with van der Waals surface area (Å²) >= 11 is 0. The summed E-state index contributed by atoms with van der Waals surface area (Å²) in [5.74, 6) is 0. The van der Waals surface area contributed by atoms with Gasteiger partial charge in [-0.1, -0.05) is 88.1 Å². The molecule has 2 unspecified atom stereocenters. The zero-order valence-electron chi connectivity index (χ0n) is 16.2. The van der Waals surface area contributed by atoms with Crippen molar-refractivity contribution in [3.05, 3.63) is 0 Å². The van der Waals surface area contributed by atoms with Gasteiger partial charge in [-0.2, -0.15) is 0 Å². The van der Waals surface area contributed by atoms with Crippen LogP contribution in [0.4, 0.5) is 0 Å². The summed E-state index contributed by atoms with van der Waals surface area (Å²) in [6.45, 7) is 34.3. The fourth-order valence-corrected chi connectivity index (χ4v) is 153. The van der Waals surface area contributed by atoms with E-state index < -0.39 is 45.5 Å². The Balaban J connectivity index is 2.88. The lowest BCUT2D eigenvalue weighted by Crippen LogP contribution is -2.81. The van der Waals surface area contributed by atoms with Crippen LogP contribution in [0.25, 0.3) is 0 Å². The molecule has 6 heteroatoms. The van der Waals surface area contributed by atoms with Crippen molar-refractivity contribution < 1.29 is 0 Å². The topological polar surface area (TPSA) is 0 Å². The molecule has 0 aromatic heterocycles. The second-order valence-corrected chi connectivity index (χ2v) is 63.3. The van der Waals surface area contributed by atoms with E-state index in [9.17, 15) is 0 Å². The van der Waals surface area contributed by atoms with Crippen molar-refractivity contribution in [3.63, 3.8) is 0 Å². The molecule has 0 N–H and O–H groups in total. The first-order valence-corrected chi connectivity index (χ1v) is 29.9. The maximum atomic E-state index is 2.87. The Hall–Kier alpha value is 1.30. The summed E-state index contributed by atoms with van der Waals surface area (Å²) in [6.07, 6.45) is 0. The minimum absolute atomic E-state index is 0.994. The molecule has 2 bridgehead atoms. The normalized spacial score (nSPS) is 41.4. The fourth-order valence-electron chi connectivity index (χ4n) is 7.99. The second kappa shape index (κ2) is 4.03. The van der Waals surface area contributed by atoms with Crippen LogP contribution >= 0.6 is 0 Å². The molecule has 0 aromatic rings. The van der Waals surface area contributed by atoms with Crippen LogP contribution in [0, 0.1) is 0 Å². The standard InChI is InChI=1S/C14H38Si6/c1-15(2)13-16(3,4)17(5,6)14(15)19(9,10)20(11,12)18(13,7)8/h13-14H,1-12H3. The van der Waals surface area contributed by atoms with E-state index in [1.165, 1.54) is 9.58 Å². The molecule has 0 radical (unpaired) electrons. The number of hydrogen-bond acceptors (Lipinski definition) is 0. The van der Waals surface area contributed by atoms with Gasteiger partial charge in [0.05, 0.1) is 0 Å². The molecule has 0 saturated carbocycles. The minimum Gasteiger partial charge on any atom is -0.0731 e. The largest absolute Gasteiger partial charge is 0.0731 e. The molecule has 2 fully saturated rings. The van der Waals surface area contributed by atoms with Gasteiger partial charge in [0.15, 0.2) is 0 Å². The molecule has 2 aliphatic heterocycles. The van der Waals surface area contributed by atoms with Crippen molar-refractivity contribution in [1.29, 1.82) is 0 Å². The minimum atomic E-state index is -1.04. The fraction of sp³-hybridized carbons (Fsp3) is 1.00. The molecule has 2 aliphatic rings. The highest BCUT2D eigenvalue weighted by Gasteiger charge is 2.80. The lowest BCUT2D eigenvalue weighted by atomic mass is 11.7. The quantitative estimate of drug-likeness (QED) is 0.498. The highest BCUT2D eigenvalue weighted by molar-refractivity contribution is 7.80. The Morgan fingerprint density at radius 2 is 0.650 bits per heavy atom. The van der Waals surface area contributed by atoms with E-state index in [2.05, 4.69) is 78.6 Å². The number of fused-ring (bicyclic) bond motifs is 2. The first-order chi connectivity index (χ1) is 8.48. The lowest BCUT2D eigenvalue weighted by molar-refractivity contribution is 1.33. The SMILES string of the molecule is C[Si]1(C)C2[Si](C)(C)[Si](C)(C)C1[Si](C)(C)[Si](C)(C)[Si]2(C)C. The zero-order chi connectivity index (χ0) is 16.2. The third-order valence-electron chi connectivity index (χ3n) is 9.26. The Morgan fingerprint density at radius 3 is 0.900 bits per heavy atom. The first-order valence-electron chi connectivity index (χ1n) is 8.48. The number of hydrogen-bond donors (Lipinski definition) is 0. The summed E-state index contributed by atoms with van der Waals surface area (Å²) in [5, 5.41) is 0. The Kier molecular flexibility index (Phi) is 3.56. The molecule has 0 nitrogen and oxygen atoms in total. The highest BCUT2D eigenvalue weighted by Crippen LogP contribution is 2.68. The molecule has 118 valence electrons. The van der Waals surface area contributed by atoms with Gasteiger partial charge >= 0.3 is 0 Å². The van der Waals surface area contributed by atoms with Gasteiger partial charge in [0.2, 0.25) is 0 Å². The van der Waals surface area contributed by atoms with Crippen LogP contribution in [0.3, 0.4) is 0 Å². The van der Waals surface area contributed by atoms with Crippen molar-refractivity contribution in [3.8, 4) is 0 Å². The molecular weight excluding hydrogens is 337 g/mol. The van der Waals surface area contributed by atoms with Crippen LogP contribution in [0.2, 0.25) is 88.1 Å². The van der Waals surface area contributed by atoms with Gasteiger partial charge in [0.25, 0.3) is 0 Å². The van der Waals surface area contributed by atoms with Gasteiger partial charge in [0, 0.05) is 45.5 Å². The van der Waals surface area contributed by atoms with Gasteiger partial charge in [-0.15, -0.1) is 0 Å². The van der Waals surface area contributed by atoms with Crippen LogP contribution in [-0.4, -0.2) is 45.5 Å². The van der Waals surface area contributed by atoms with Gasteiger partial charge in [-0.05, 0) is 0 Å². The van der Waals surface area contributed by atoms with E-state index in [-0.39, 0.29) is 0 Å². The first kappa shape index (κ1) is 17.7. The van der Waals surface area contributed by atoms with Crippen molar-refractivity contribution in [1.82, 2.24) is 0 Å². The summed E-state index contributed by atoms with van der Waals surface area (Å²) in [6, 6.07) is 0. The number of rotatable bonds is 0. The van der Waals surface area contributed by atoms with Crippen LogP contribution < -0.4 is 0 Å². The van der Waals surface area contributed by atoms with Crippen LogP contribution in [0.15, 0.2) is 0 Å². The molecule has 2 saturated heterocycles. The van der Waals surface area contributed by atoms with Gasteiger partial charge in [-0.25, -0.2) is 0 Å². The van der Waals surface area contributed by atoms with Crippen molar-refractivity contribution in [2.24, 2.45) is 0 Å². The molecule has 2 atom stereocenters. The molecule has 0 aromatic carbocycles. The summed E-state index contributed by atoms with van der Waals surface area (Å²) < 4.78 is 0. The van der Waals surface area contributed by atoms with Crippen molar-refractivity contribution in [2.75, 3.05) is 0 Å². The predicted molar refractivity (Wildman–Crippen MR) is 112 cm³/mol. The molecule has 2 heterocycles. The monoisotopic (exact) mass is 374 g/mol. The highest BCUT2D eigenvalue weighted by atomic mass is 29.7. The summed E-state index contributed by atoms with van der Waals surface area (Å²) in [5.41, 5.74) is 0. The summed E-state index contributed by atoms with van der Waals surface area (Å²) in [7, 11) is -6.14. The smallest absolute Gasteiger partial charge is 0.0422 e. The third kappa shape index (κ3) is 1.56. The van der Waals surface area contributed by atoms with E-state index in [1.54, 1.807) is 0 Å². The van der Waals surface area contributed by atoms with Gasteiger partial charge in [-0.3, -0.25) is 0 Å². The predicted octanol–water partition coefficient (Wildman–Crippen LogP) is 5.40. The molecule has 2 rings (SSSR count). The van der Waals surface area contributed by atoms with E-state index in [4.69, 9.17) is 0 Å². The second-order valence-electron chi connectivity index (χ2n) is 11.2. The third-order valence-corrected chi connectivity index (χ3v) is 105. The molecule has 0 aliphatic carbocycles. The van der Waals surface area contributed by atoms with E-state index in [0.29, 0.717) is 0 Å². The maximum absolute atomic E-state index is 2.87. The van der Waals surface area contributed by atoms with E-state index in [0.717, 1.165) is 0 Å². The average Bonchev–Trinajstić information content (AvgIpc) is 2.21. The van der Waals surface area contributed by atoms with E-state index >= 15 is 0 Å². The van der Waals surface area contributed by atoms with Gasteiger partial charge < -0.3 is 0 Å². The Bertz CT molecular complexity index is 409. The molecule has 0 amide bonds. The average molecular weight is 375 g/mol. The molecule has 0 spiro atoms. The van der Waals surface area contributed by atoms with Crippen molar-refractivity contribution in [2.45, 2.75) is 88.1 Å². The van der Waals surface area contributed by atoms with Crippen molar-refractivity contribution >= 4 is 45.5 Å². The van der Waals surface area contributed by atoms with E-state index in [1.807, 2.05) is 0 Å². The van der Waals surface area contributed by atoms with Crippen LogP contribution in [0.1, 0.15) is 0 Å². The van der Waals surface area contributed by atoms with Crippen LogP contribution in [0.5, 0.6) is 0 Å². The Labute approximate surface area is 133 Å². The molecular formula is C14H38Si6. The maximum Gasteiger partial charge on any atom is 0.0422 e. The van der Waals surface area contributed by atoms with Crippen LogP contribution in [-0.2, 0) is 0 Å². The Morgan fingerprint density at radius 1 is 0.400 bits per heavy atom.